The predicted molar refractivity (Wildman–Crippen MR) is 109 cm³/mol. The Bertz CT molecular complexity index is 844. The number of nitrogens with one attached hydrogen (secondary N) is 1. The Hall–Kier alpha value is -2.08. The molecule has 27 heavy (non-hydrogen) atoms. The van der Waals surface area contributed by atoms with E-state index in [4.69, 9.17) is 9.84 Å². The van der Waals surface area contributed by atoms with Crippen LogP contribution < -0.4 is 9.62 Å². The molecule has 7 heteroatoms. The van der Waals surface area contributed by atoms with Gasteiger partial charge in [0.1, 0.15) is 11.0 Å². The van der Waals surface area contributed by atoms with Crippen LogP contribution in [-0.2, 0) is 4.74 Å². The van der Waals surface area contributed by atoms with Crippen LogP contribution in [0.25, 0.3) is 16.8 Å². The van der Waals surface area contributed by atoms with Gasteiger partial charge in [0.15, 0.2) is 0 Å². The van der Waals surface area contributed by atoms with Crippen LogP contribution in [-0.4, -0.2) is 55.8 Å². The van der Waals surface area contributed by atoms with Gasteiger partial charge in [0.05, 0.1) is 25.9 Å². The molecule has 1 unspecified atom stereocenters. The highest BCUT2D eigenvalue weighted by Gasteiger charge is 2.11. The van der Waals surface area contributed by atoms with Crippen LogP contribution in [0.4, 0.5) is 5.69 Å². The normalized spacial score (nSPS) is 16.3. The lowest BCUT2D eigenvalue weighted by molar-refractivity contribution is 0.0994. The van der Waals surface area contributed by atoms with Crippen molar-refractivity contribution in [3.05, 3.63) is 46.9 Å². The molecule has 2 aromatic rings. The number of benzene rings is 2. The van der Waals surface area contributed by atoms with E-state index in [1.165, 1.54) is 5.69 Å². The second kappa shape index (κ2) is 9.74. The molecule has 0 bridgehead atoms. The Morgan fingerprint density at radius 2 is 2.00 bits per heavy atom. The van der Waals surface area contributed by atoms with Gasteiger partial charge in [0.2, 0.25) is 0 Å². The number of fused-ring (bicyclic) bond motifs is 1. The Kier molecular flexibility index (Phi) is 7.10. The number of morpholine rings is 1. The minimum Gasteiger partial charge on any atom is -0.394 e. The fraction of sp³-hybridized carbons (Fsp3) is 0.350. The standard InChI is InChI=1S/C20H23N3O3S/c21-12-20(27-22-13-19(25)14-24)10-15-1-2-17-11-18(4-3-16(17)9-15)23-5-7-26-8-6-23/h1-4,9-11,19,22,24-25H,5-8,13-14H2/b20-10+. The van der Waals surface area contributed by atoms with Crippen LogP contribution in [0.2, 0.25) is 0 Å². The van der Waals surface area contributed by atoms with Crippen LogP contribution in [0, 0.1) is 11.3 Å². The summed E-state index contributed by atoms with van der Waals surface area (Å²) in [5, 5.41) is 29.7. The number of rotatable bonds is 7. The molecule has 0 aromatic heterocycles. The van der Waals surface area contributed by atoms with Gasteiger partial charge in [-0.25, -0.2) is 0 Å². The van der Waals surface area contributed by atoms with Gasteiger partial charge in [-0.3, -0.25) is 4.72 Å². The average Bonchev–Trinajstić information content (AvgIpc) is 2.73. The van der Waals surface area contributed by atoms with E-state index in [-0.39, 0.29) is 13.2 Å². The summed E-state index contributed by atoms with van der Waals surface area (Å²) in [5.41, 5.74) is 2.14. The van der Waals surface area contributed by atoms with E-state index >= 15 is 0 Å². The molecule has 0 spiro atoms. The van der Waals surface area contributed by atoms with E-state index < -0.39 is 6.10 Å². The fourth-order valence-electron chi connectivity index (χ4n) is 2.88. The zero-order chi connectivity index (χ0) is 19.1. The first kappa shape index (κ1) is 19.7. The topological polar surface area (TPSA) is 88.8 Å². The number of hydrogen-bond donors (Lipinski definition) is 3. The average molecular weight is 385 g/mol. The maximum Gasteiger partial charge on any atom is 0.107 e. The summed E-state index contributed by atoms with van der Waals surface area (Å²) >= 11 is 1.15. The van der Waals surface area contributed by atoms with E-state index in [0.29, 0.717) is 4.91 Å². The summed E-state index contributed by atoms with van der Waals surface area (Å²) in [4.78, 5) is 2.82. The summed E-state index contributed by atoms with van der Waals surface area (Å²) in [5.74, 6) is 0. The number of nitriles is 1. The van der Waals surface area contributed by atoms with Crippen molar-refractivity contribution in [3.8, 4) is 6.07 Å². The van der Waals surface area contributed by atoms with Crippen molar-refractivity contribution in [2.45, 2.75) is 6.10 Å². The third kappa shape index (κ3) is 5.45. The van der Waals surface area contributed by atoms with Crippen LogP contribution in [0.5, 0.6) is 0 Å². The highest BCUT2D eigenvalue weighted by Crippen LogP contribution is 2.25. The van der Waals surface area contributed by atoms with Gasteiger partial charge in [0, 0.05) is 25.3 Å². The summed E-state index contributed by atoms with van der Waals surface area (Å²) < 4.78 is 8.30. The van der Waals surface area contributed by atoms with Crippen LogP contribution in [0.1, 0.15) is 5.56 Å². The smallest absolute Gasteiger partial charge is 0.107 e. The Labute approximate surface area is 163 Å². The lowest BCUT2D eigenvalue weighted by Gasteiger charge is -2.29. The Morgan fingerprint density at radius 3 is 2.74 bits per heavy atom. The molecule has 0 amide bonds. The SMILES string of the molecule is N#C/C(=C\c1ccc2cc(N3CCOCC3)ccc2c1)SNCC(O)CO. The van der Waals surface area contributed by atoms with Crippen molar-refractivity contribution in [2.24, 2.45) is 0 Å². The van der Waals surface area contributed by atoms with Crippen molar-refractivity contribution in [2.75, 3.05) is 44.4 Å². The molecule has 1 aliphatic heterocycles. The molecule has 0 aliphatic carbocycles. The first-order valence-corrected chi connectivity index (χ1v) is 9.68. The molecule has 1 heterocycles. The summed E-state index contributed by atoms with van der Waals surface area (Å²) in [7, 11) is 0. The van der Waals surface area contributed by atoms with Crippen molar-refractivity contribution in [1.82, 2.24) is 4.72 Å². The minimum atomic E-state index is -0.834. The number of anilines is 1. The number of hydrogen-bond acceptors (Lipinski definition) is 7. The molecular formula is C20H23N3O3S. The third-order valence-corrected chi connectivity index (χ3v) is 5.08. The van der Waals surface area contributed by atoms with Crippen LogP contribution in [0.3, 0.4) is 0 Å². The van der Waals surface area contributed by atoms with Gasteiger partial charge in [-0.1, -0.05) is 18.2 Å². The van der Waals surface area contributed by atoms with E-state index in [0.717, 1.165) is 54.6 Å². The van der Waals surface area contributed by atoms with E-state index in [2.05, 4.69) is 46.0 Å². The number of aliphatic hydroxyl groups excluding tert-OH is 2. The van der Waals surface area contributed by atoms with Gasteiger partial charge >= 0.3 is 0 Å². The minimum absolute atomic E-state index is 0.211. The number of allylic oxidation sites excluding steroid dienone is 1. The van der Waals surface area contributed by atoms with E-state index in [1.807, 2.05) is 6.07 Å². The molecular weight excluding hydrogens is 362 g/mol. The quantitative estimate of drug-likeness (QED) is 0.497. The van der Waals surface area contributed by atoms with Gasteiger partial charge < -0.3 is 19.8 Å². The van der Waals surface area contributed by atoms with Crippen molar-refractivity contribution >= 4 is 34.5 Å². The van der Waals surface area contributed by atoms with Gasteiger partial charge in [-0.2, -0.15) is 5.26 Å². The Morgan fingerprint density at radius 1 is 1.26 bits per heavy atom. The van der Waals surface area contributed by atoms with E-state index in [9.17, 15) is 10.4 Å². The molecule has 1 aliphatic rings. The summed E-state index contributed by atoms with van der Waals surface area (Å²) in [6.07, 6.45) is 0.969. The van der Waals surface area contributed by atoms with Crippen molar-refractivity contribution in [3.63, 3.8) is 0 Å². The van der Waals surface area contributed by atoms with Crippen LogP contribution in [0.15, 0.2) is 41.3 Å². The molecule has 3 rings (SSSR count). The van der Waals surface area contributed by atoms with Crippen molar-refractivity contribution in [1.29, 1.82) is 5.26 Å². The molecule has 6 nitrogen and oxygen atoms in total. The molecule has 1 atom stereocenters. The zero-order valence-electron chi connectivity index (χ0n) is 15.0. The number of nitrogens with zero attached hydrogens (tertiary/aromatic N) is 2. The first-order valence-electron chi connectivity index (χ1n) is 8.86. The maximum atomic E-state index is 9.33. The lowest BCUT2D eigenvalue weighted by Crippen LogP contribution is -2.36. The summed E-state index contributed by atoms with van der Waals surface area (Å²) in [6, 6.07) is 14.7. The number of aliphatic hydroxyl groups is 2. The second-order valence-electron chi connectivity index (χ2n) is 6.30. The molecule has 1 saturated heterocycles. The molecule has 2 aromatic carbocycles. The van der Waals surface area contributed by atoms with Crippen molar-refractivity contribution < 1.29 is 14.9 Å². The molecule has 0 radical (unpaired) electrons. The Balaban J connectivity index is 1.72. The molecule has 0 saturated carbocycles. The van der Waals surface area contributed by atoms with E-state index in [1.54, 1.807) is 6.08 Å². The lowest BCUT2D eigenvalue weighted by atomic mass is 10.1. The molecule has 3 N–H and O–H groups in total. The van der Waals surface area contributed by atoms with Gasteiger partial charge in [0.25, 0.3) is 0 Å². The highest BCUT2D eigenvalue weighted by atomic mass is 32.2. The largest absolute Gasteiger partial charge is 0.394 e. The molecule has 1 fully saturated rings. The fourth-order valence-corrected chi connectivity index (χ4v) is 3.55. The summed E-state index contributed by atoms with van der Waals surface area (Å²) in [6.45, 7) is 3.25. The molecule has 142 valence electrons. The maximum absolute atomic E-state index is 9.33. The highest BCUT2D eigenvalue weighted by molar-refractivity contribution is 8.01. The first-order chi connectivity index (χ1) is 13.2. The predicted octanol–water partition coefficient (Wildman–Crippen LogP) is 2.13. The zero-order valence-corrected chi connectivity index (χ0v) is 15.8. The monoisotopic (exact) mass is 385 g/mol. The van der Waals surface area contributed by atoms with Gasteiger partial charge in [-0.15, -0.1) is 0 Å². The van der Waals surface area contributed by atoms with Gasteiger partial charge in [-0.05, 0) is 52.6 Å². The number of ether oxygens (including phenoxy) is 1. The van der Waals surface area contributed by atoms with Crippen LogP contribution >= 0.6 is 11.9 Å². The third-order valence-electron chi connectivity index (χ3n) is 4.34. The second-order valence-corrected chi connectivity index (χ2v) is 7.23.